The average molecular weight is 1060 g/mol. The van der Waals surface area contributed by atoms with Crippen LogP contribution in [0, 0.1) is 0 Å². The molecule has 0 unspecified atom stereocenters. The molecule has 12 bridgehead atoms. The first kappa shape index (κ1) is 55.5. The molecule has 0 amide bonds. The van der Waals surface area contributed by atoms with Crippen molar-refractivity contribution in [3.8, 4) is 34.5 Å². The fraction of sp³-hybridized carbons (Fsp3) is 0.222. The standard InChI is InChI=1S/C54H66N18O6/c1-73-43-27-11-25-7-9-41(71-53(63)64)39(47(25)77-5)23-26-8-10-42(72-54(65)66)40(48(26)78-6)24-34-22-38(70-52(61)62)21-33(46(34)76-4)14-32-20-37(69-51(59)60)19-31(45(32)75-3)13-30-18-36(68-50(57)58)17-29(44(30)74-2)12-28(43)16-35(15-27)67-49(55)56/h7-10,15-22H,11-14,23-24H2,1-6H3,(H4,55,56,67)(H4,57,58,68)(H4,59,60,69)(H4,61,62,70)(H4,63,64,71)(H4,65,66,72). The summed E-state index contributed by atoms with van der Waals surface area (Å²) in [5.41, 5.74) is 83.0. The number of nitrogens with two attached hydrogens (primary N) is 12. The van der Waals surface area contributed by atoms with E-state index < -0.39 is 0 Å². The van der Waals surface area contributed by atoms with Crippen LogP contribution in [0.3, 0.4) is 0 Å². The van der Waals surface area contributed by atoms with Crippen LogP contribution in [-0.4, -0.2) is 78.4 Å². The van der Waals surface area contributed by atoms with E-state index in [0.29, 0.717) is 130 Å². The summed E-state index contributed by atoms with van der Waals surface area (Å²) in [5.74, 6) is 1.81. The molecule has 0 heterocycles. The van der Waals surface area contributed by atoms with Crippen LogP contribution in [0.25, 0.3) is 0 Å². The lowest BCUT2D eigenvalue weighted by molar-refractivity contribution is 0.396. The zero-order chi connectivity index (χ0) is 56.5. The van der Waals surface area contributed by atoms with E-state index in [1.807, 2.05) is 54.6 Å². The Hall–Kier alpha value is -10.3. The molecular weight excluding hydrogens is 997 g/mol. The summed E-state index contributed by atoms with van der Waals surface area (Å²) in [5, 5.41) is 0. The Morgan fingerprint density at radius 2 is 0.474 bits per heavy atom. The molecule has 0 fully saturated rings. The quantitative estimate of drug-likeness (QED) is 0.0618. The highest BCUT2D eigenvalue weighted by atomic mass is 16.5. The van der Waals surface area contributed by atoms with E-state index in [1.54, 1.807) is 60.9 Å². The van der Waals surface area contributed by atoms with Crippen molar-refractivity contribution < 1.29 is 28.4 Å². The number of methoxy groups -OCH3 is 6. The molecule has 1 aliphatic carbocycles. The molecule has 24 nitrogen and oxygen atoms in total. The van der Waals surface area contributed by atoms with Crippen LogP contribution in [0.2, 0.25) is 0 Å². The van der Waals surface area contributed by atoms with Gasteiger partial charge in [-0.05, 0) is 71.8 Å². The Morgan fingerprint density at radius 3 is 0.705 bits per heavy atom. The molecule has 0 aromatic heterocycles. The summed E-state index contributed by atoms with van der Waals surface area (Å²) >= 11 is 0. The van der Waals surface area contributed by atoms with Gasteiger partial charge in [-0.2, -0.15) is 0 Å². The second kappa shape index (κ2) is 24.0. The monoisotopic (exact) mass is 1060 g/mol. The number of nitrogens with zero attached hydrogens (tertiary/aromatic N) is 6. The van der Waals surface area contributed by atoms with Crippen LogP contribution in [0.15, 0.2) is 103 Å². The highest BCUT2D eigenvalue weighted by Gasteiger charge is 2.26. The number of aliphatic imine (C=N–C) groups is 6. The number of ether oxygens (including phenoxy) is 6. The molecule has 0 saturated carbocycles. The number of guanidine groups is 6. The van der Waals surface area contributed by atoms with Gasteiger partial charge in [0.15, 0.2) is 35.8 Å². The van der Waals surface area contributed by atoms with Gasteiger partial charge in [0.2, 0.25) is 0 Å². The van der Waals surface area contributed by atoms with Crippen LogP contribution in [0.4, 0.5) is 34.1 Å². The van der Waals surface area contributed by atoms with Crippen LogP contribution < -0.4 is 97.2 Å². The second-order valence-corrected chi connectivity index (χ2v) is 18.0. The zero-order valence-corrected chi connectivity index (χ0v) is 44.2. The first-order valence-electron chi connectivity index (χ1n) is 24.0. The Morgan fingerprint density at radius 1 is 0.269 bits per heavy atom. The lowest BCUT2D eigenvalue weighted by Crippen LogP contribution is -2.22. The molecule has 7 rings (SSSR count). The predicted octanol–water partition coefficient (Wildman–Crippen LogP) is 3.03. The second-order valence-electron chi connectivity index (χ2n) is 18.0. The number of rotatable bonds is 12. The van der Waals surface area contributed by atoms with Crippen molar-refractivity contribution >= 4 is 69.9 Å². The average Bonchev–Trinajstić information content (AvgIpc) is 3.47. The third kappa shape index (κ3) is 12.6. The molecule has 24 N–H and O–H groups in total. The minimum Gasteiger partial charge on any atom is -0.496 e. The molecule has 24 heteroatoms. The van der Waals surface area contributed by atoms with Crippen LogP contribution in [0.1, 0.15) is 66.8 Å². The number of hydrogen-bond donors (Lipinski definition) is 12. The summed E-state index contributed by atoms with van der Waals surface area (Å²) in [6.07, 6.45) is 1.05. The first-order valence-corrected chi connectivity index (χ1v) is 24.0. The van der Waals surface area contributed by atoms with Gasteiger partial charge < -0.3 is 97.2 Å². The van der Waals surface area contributed by atoms with Crippen LogP contribution >= 0.6 is 0 Å². The maximum atomic E-state index is 6.32. The third-order valence-electron chi connectivity index (χ3n) is 12.6. The van der Waals surface area contributed by atoms with E-state index in [0.717, 1.165) is 5.56 Å². The SMILES string of the molecule is COc1c2cc(N=C(N)N)cc1Cc1cc(N=C(N)N)cc(c1OC)Cc1ccc(N=C(N)N)c(c1OC)Cc1ccc(N=C(N)N)c(c1OC)Cc1cc(N=C(N)N)cc(c1OC)Cc1cc(N=C(N)N)cc(c1OC)C2. The highest BCUT2D eigenvalue weighted by Crippen LogP contribution is 2.46. The number of hydrogen-bond acceptors (Lipinski definition) is 12. The van der Waals surface area contributed by atoms with E-state index in [-0.39, 0.29) is 74.3 Å². The van der Waals surface area contributed by atoms with Crippen molar-refractivity contribution in [2.75, 3.05) is 42.7 Å². The Labute approximate surface area is 450 Å². The molecule has 0 atom stereocenters. The maximum absolute atomic E-state index is 6.32. The lowest BCUT2D eigenvalue weighted by atomic mass is 9.90. The van der Waals surface area contributed by atoms with Gasteiger partial charge >= 0.3 is 0 Å². The van der Waals surface area contributed by atoms with E-state index in [4.69, 9.17) is 97.2 Å². The Bertz CT molecular complexity index is 3460. The topological polar surface area (TPSA) is 442 Å². The molecule has 0 spiro atoms. The van der Waals surface area contributed by atoms with Gasteiger partial charge in [-0.1, -0.05) is 12.1 Å². The molecule has 408 valence electrons. The molecule has 0 saturated heterocycles. The van der Waals surface area contributed by atoms with Gasteiger partial charge in [0, 0.05) is 94.2 Å². The van der Waals surface area contributed by atoms with E-state index in [2.05, 4.69) is 30.0 Å². The Kier molecular flexibility index (Phi) is 17.0. The van der Waals surface area contributed by atoms with E-state index in [9.17, 15) is 0 Å². The smallest absolute Gasteiger partial charge is 0.191 e. The molecule has 0 radical (unpaired) electrons. The van der Waals surface area contributed by atoms with Gasteiger partial charge in [-0.15, -0.1) is 0 Å². The van der Waals surface area contributed by atoms with E-state index in [1.165, 1.54) is 0 Å². The largest absolute Gasteiger partial charge is 0.496 e. The highest BCUT2D eigenvalue weighted by molar-refractivity contribution is 5.84. The van der Waals surface area contributed by atoms with Gasteiger partial charge in [0.05, 0.1) is 76.8 Å². The maximum Gasteiger partial charge on any atom is 0.191 e. The van der Waals surface area contributed by atoms with Crippen molar-refractivity contribution in [2.45, 2.75) is 38.5 Å². The van der Waals surface area contributed by atoms with Gasteiger partial charge in [-0.3, -0.25) is 0 Å². The third-order valence-corrected chi connectivity index (χ3v) is 12.6. The van der Waals surface area contributed by atoms with Gasteiger partial charge in [-0.25, -0.2) is 30.0 Å². The minimum absolute atomic E-state index is 0.115. The van der Waals surface area contributed by atoms with Crippen LogP contribution in [-0.2, 0) is 38.5 Å². The molecular formula is C54H66N18O6. The van der Waals surface area contributed by atoms with Crippen LogP contribution in [0.5, 0.6) is 34.5 Å². The summed E-state index contributed by atoms with van der Waals surface area (Å²) < 4.78 is 37.8. The van der Waals surface area contributed by atoms with Gasteiger partial charge in [0.1, 0.15) is 34.5 Å². The van der Waals surface area contributed by atoms with Crippen molar-refractivity contribution in [3.05, 3.63) is 140 Å². The van der Waals surface area contributed by atoms with Crippen molar-refractivity contribution in [3.63, 3.8) is 0 Å². The lowest BCUT2D eigenvalue weighted by Gasteiger charge is -2.22. The zero-order valence-electron chi connectivity index (χ0n) is 44.2. The summed E-state index contributed by atoms with van der Waals surface area (Å²) in [4.78, 5) is 27.1. The summed E-state index contributed by atoms with van der Waals surface area (Å²) in [7, 11) is 9.39. The normalized spacial score (nSPS) is 11.8. The predicted molar refractivity (Wildman–Crippen MR) is 308 cm³/mol. The molecule has 6 aromatic carbocycles. The first-order chi connectivity index (χ1) is 37.2. The summed E-state index contributed by atoms with van der Waals surface area (Å²) in [6, 6.07) is 21.9. The Balaban J connectivity index is 1.64. The fourth-order valence-electron chi connectivity index (χ4n) is 10.0. The number of benzene rings is 6. The molecule has 78 heavy (non-hydrogen) atoms. The van der Waals surface area contributed by atoms with Crippen molar-refractivity contribution in [2.24, 2.45) is 98.8 Å². The molecule has 1 aliphatic rings. The van der Waals surface area contributed by atoms with Crippen molar-refractivity contribution in [1.82, 2.24) is 0 Å². The fourth-order valence-corrected chi connectivity index (χ4v) is 10.0. The van der Waals surface area contributed by atoms with Gasteiger partial charge in [0.25, 0.3) is 0 Å². The van der Waals surface area contributed by atoms with Crippen molar-refractivity contribution in [1.29, 1.82) is 0 Å². The summed E-state index contributed by atoms with van der Waals surface area (Å²) in [6.45, 7) is 0. The molecule has 0 aliphatic heterocycles. The minimum atomic E-state index is -0.195. The molecule has 6 aromatic rings. The van der Waals surface area contributed by atoms with E-state index >= 15 is 0 Å². The number of fused-ring (bicyclic) bond motifs is 12.